The Morgan fingerprint density at radius 1 is 1.35 bits per heavy atom. The number of furan rings is 1. The number of hydrogen-bond donors (Lipinski definition) is 2. The monoisotopic (exact) mass is 294 g/mol. The molecule has 0 unspecified atom stereocenters. The summed E-state index contributed by atoms with van der Waals surface area (Å²) in [6.07, 6.45) is 1.34. The highest BCUT2D eigenvalue weighted by Gasteiger charge is 2.13. The summed E-state index contributed by atoms with van der Waals surface area (Å²) >= 11 is 1.10. The van der Waals surface area contributed by atoms with Crippen LogP contribution in [-0.4, -0.2) is 17.6 Å². The van der Waals surface area contributed by atoms with Crippen molar-refractivity contribution in [3.05, 3.63) is 48.2 Å². The van der Waals surface area contributed by atoms with Crippen LogP contribution < -0.4 is 11.1 Å². The zero-order chi connectivity index (χ0) is 14.5. The maximum atomic E-state index is 13.2. The Morgan fingerprint density at radius 2 is 2.15 bits per heavy atom. The van der Waals surface area contributed by atoms with Gasteiger partial charge in [0.15, 0.2) is 5.76 Å². The lowest BCUT2D eigenvalue weighted by molar-refractivity contribution is -0.117. The molecule has 2 amide bonds. The lowest BCUT2D eigenvalue weighted by Crippen LogP contribution is -2.31. The van der Waals surface area contributed by atoms with Gasteiger partial charge in [0.25, 0.3) is 5.91 Å². The van der Waals surface area contributed by atoms with Crippen LogP contribution in [0.5, 0.6) is 0 Å². The first-order valence-corrected chi connectivity index (χ1v) is 6.60. The molecular weight excluding hydrogens is 283 g/mol. The summed E-state index contributed by atoms with van der Waals surface area (Å²) in [5.74, 6) is -1.60. The molecule has 0 spiro atoms. The van der Waals surface area contributed by atoms with Gasteiger partial charge in [-0.05, 0) is 30.3 Å². The smallest absolute Gasteiger partial charge is 0.293 e. The predicted molar refractivity (Wildman–Crippen MR) is 72.7 cm³/mol. The number of amides is 2. The number of nitrogens with one attached hydrogen (secondary N) is 1. The Morgan fingerprint density at radius 3 is 2.80 bits per heavy atom. The van der Waals surface area contributed by atoms with E-state index in [1.54, 1.807) is 12.1 Å². The fraction of sp³-hybridized carbons (Fsp3) is 0.0769. The molecule has 3 N–H and O–H groups in total. The van der Waals surface area contributed by atoms with E-state index in [0.717, 1.165) is 11.8 Å². The highest BCUT2D eigenvalue weighted by molar-refractivity contribution is 8.00. The Bertz CT molecular complexity index is 629. The largest absolute Gasteiger partial charge is 0.459 e. The summed E-state index contributed by atoms with van der Waals surface area (Å²) in [5.41, 5.74) is 5.39. The van der Waals surface area contributed by atoms with E-state index in [2.05, 4.69) is 5.32 Å². The van der Waals surface area contributed by atoms with Crippen LogP contribution in [0.4, 0.5) is 10.1 Å². The molecular formula is C13H11FN2O3S. The lowest BCUT2D eigenvalue weighted by Gasteiger charge is -2.04. The van der Waals surface area contributed by atoms with Crippen molar-refractivity contribution < 1.29 is 18.4 Å². The minimum absolute atomic E-state index is 0.0180. The number of anilines is 1. The molecule has 1 aromatic heterocycles. The van der Waals surface area contributed by atoms with Crippen LogP contribution in [0.15, 0.2) is 45.9 Å². The number of carbonyl (C=O) groups is 2. The molecule has 20 heavy (non-hydrogen) atoms. The number of hydrogen-bond acceptors (Lipinski definition) is 5. The summed E-state index contributed by atoms with van der Waals surface area (Å²) in [5, 5.41) is 2.17. The Kier molecular flexibility index (Phi) is 4.41. The number of thioether (sulfide) groups is 1. The molecule has 2 aromatic rings. The van der Waals surface area contributed by atoms with Crippen molar-refractivity contribution in [1.82, 2.24) is 5.32 Å². The van der Waals surface area contributed by atoms with Crippen molar-refractivity contribution in [2.24, 2.45) is 0 Å². The molecule has 0 saturated carbocycles. The van der Waals surface area contributed by atoms with Crippen LogP contribution in [0.2, 0.25) is 0 Å². The highest BCUT2D eigenvalue weighted by Crippen LogP contribution is 2.21. The summed E-state index contributed by atoms with van der Waals surface area (Å²) in [6, 6.07) is 7.26. The third kappa shape index (κ3) is 3.61. The van der Waals surface area contributed by atoms with Gasteiger partial charge >= 0.3 is 0 Å². The number of nitrogen functional groups attached to an aromatic ring is 1. The zero-order valence-corrected chi connectivity index (χ0v) is 11.1. The molecule has 2 rings (SSSR count). The van der Waals surface area contributed by atoms with E-state index in [-0.39, 0.29) is 17.2 Å². The average Bonchev–Trinajstić information content (AvgIpc) is 2.94. The van der Waals surface area contributed by atoms with E-state index in [1.807, 2.05) is 0 Å². The SMILES string of the molecule is Nc1ccc(SCC(=O)NC(=O)c2ccco2)cc1F. The van der Waals surface area contributed by atoms with Crippen molar-refractivity contribution in [2.75, 3.05) is 11.5 Å². The molecule has 0 radical (unpaired) electrons. The van der Waals surface area contributed by atoms with Gasteiger partial charge in [0.1, 0.15) is 5.82 Å². The Hall–Kier alpha value is -2.28. The first-order valence-electron chi connectivity index (χ1n) is 5.62. The van der Waals surface area contributed by atoms with Gasteiger partial charge in [0.2, 0.25) is 5.91 Å². The van der Waals surface area contributed by atoms with Crippen LogP contribution in [0, 0.1) is 5.82 Å². The number of nitrogens with two attached hydrogens (primary N) is 1. The second-order valence-corrected chi connectivity index (χ2v) is 4.88. The molecule has 1 heterocycles. The van der Waals surface area contributed by atoms with Gasteiger partial charge in [-0.2, -0.15) is 0 Å². The van der Waals surface area contributed by atoms with Gasteiger partial charge in [-0.15, -0.1) is 11.8 Å². The number of rotatable bonds is 4. The third-order valence-electron chi connectivity index (χ3n) is 2.34. The van der Waals surface area contributed by atoms with Crippen LogP contribution in [-0.2, 0) is 4.79 Å². The predicted octanol–water partition coefficient (Wildman–Crippen LogP) is 2.05. The standard InChI is InChI=1S/C13H11FN2O3S/c14-9-6-8(3-4-10(9)15)20-7-12(17)16-13(18)11-2-1-5-19-11/h1-6H,7,15H2,(H,16,17,18). The number of carbonyl (C=O) groups excluding carboxylic acids is 2. The first kappa shape index (κ1) is 14.1. The van der Waals surface area contributed by atoms with Crippen LogP contribution in [0.3, 0.4) is 0 Å². The topological polar surface area (TPSA) is 85.3 Å². The first-order chi connectivity index (χ1) is 9.56. The zero-order valence-electron chi connectivity index (χ0n) is 10.3. The van der Waals surface area contributed by atoms with Crippen LogP contribution >= 0.6 is 11.8 Å². The minimum atomic E-state index is -0.607. The average molecular weight is 294 g/mol. The van der Waals surface area contributed by atoms with Gasteiger partial charge in [0.05, 0.1) is 17.7 Å². The maximum absolute atomic E-state index is 13.2. The number of halogens is 1. The molecule has 5 nitrogen and oxygen atoms in total. The molecule has 0 bridgehead atoms. The third-order valence-corrected chi connectivity index (χ3v) is 3.33. The normalized spacial score (nSPS) is 10.2. The van der Waals surface area contributed by atoms with Gasteiger partial charge < -0.3 is 10.2 Å². The van der Waals surface area contributed by atoms with Gasteiger partial charge in [-0.3, -0.25) is 14.9 Å². The summed E-state index contributed by atoms with van der Waals surface area (Å²) in [4.78, 5) is 23.6. The molecule has 0 atom stereocenters. The highest BCUT2D eigenvalue weighted by atomic mass is 32.2. The lowest BCUT2D eigenvalue weighted by atomic mass is 10.3. The molecule has 0 aliphatic rings. The second-order valence-electron chi connectivity index (χ2n) is 3.83. The van der Waals surface area contributed by atoms with Gasteiger partial charge in [-0.25, -0.2) is 4.39 Å². The summed E-state index contributed by atoms with van der Waals surface area (Å²) in [7, 11) is 0. The van der Waals surface area contributed by atoms with E-state index in [1.165, 1.54) is 24.5 Å². The van der Waals surface area contributed by atoms with Crippen molar-refractivity contribution >= 4 is 29.3 Å². The van der Waals surface area contributed by atoms with Crippen LogP contribution in [0.25, 0.3) is 0 Å². The van der Waals surface area contributed by atoms with E-state index in [4.69, 9.17) is 10.2 Å². The van der Waals surface area contributed by atoms with E-state index in [9.17, 15) is 14.0 Å². The van der Waals surface area contributed by atoms with Crippen molar-refractivity contribution in [2.45, 2.75) is 4.90 Å². The second kappa shape index (κ2) is 6.25. The van der Waals surface area contributed by atoms with Gasteiger partial charge in [0, 0.05) is 4.90 Å². The quantitative estimate of drug-likeness (QED) is 0.666. The van der Waals surface area contributed by atoms with E-state index in [0.29, 0.717) is 4.90 Å². The molecule has 0 aliphatic heterocycles. The molecule has 1 aromatic carbocycles. The maximum Gasteiger partial charge on any atom is 0.293 e. The molecule has 0 saturated heterocycles. The molecule has 0 aliphatic carbocycles. The molecule has 104 valence electrons. The summed E-state index contributed by atoms with van der Waals surface area (Å²) in [6.45, 7) is 0. The van der Waals surface area contributed by atoms with Crippen LogP contribution in [0.1, 0.15) is 10.6 Å². The number of benzene rings is 1. The van der Waals surface area contributed by atoms with Crippen molar-refractivity contribution in [3.63, 3.8) is 0 Å². The fourth-order valence-electron chi connectivity index (χ4n) is 1.38. The fourth-order valence-corrected chi connectivity index (χ4v) is 2.10. The van der Waals surface area contributed by atoms with E-state index < -0.39 is 17.6 Å². The van der Waals surface area contributed by atoms with Gasteiger partial charge in [-0.1, -0.05) is 0 Å². The van der Waals surface area contributed by atoms with Crippen molar-refractivity contribution in [3.8, 4) is 0 Å². The molecule has 0 fully saturated rings. The Labute approximate surface area is 118 Å². The minimum Gasteiger partial charge on any atom is -0.459 e. The molecule has 7 heteroatoms. The van der Waals surface area contributed by atoms with E-state index >= 15 is 0 Å². The Balaban J connectivity index is 1.86. The number of imide groups is 1. The van der Waals surface area contributed by atoms with Crippen molar-refractivity contribution in [1.29, 1.82) is 0 Å². The summed E-state index contributed by atoms with van der Waals surface area (Å²) < 4.78 is 18.0.